The van der Waals surface area contributed by atoms with Gasteiger partial charge in [0.25, 0.3) is 0 Å². The number of pyridine rings is 1. The molecule has 2 aromatic heterocycles. The van der Waals surface area contributed by atoms with Crippen LogP contribution in [0.25, 0.3) is 5.65 Å². The van der Waals surface area contributed by atoms with E-state index < -0.39 is 10.8 Å². The van der Waals surface area contributed by atoms with Crippen LogP contribution < -0.4 is 5.32 Å². The zero-order valence-corrected chi connectivity index (χ0v) is 15.1. The summed E-state index contributed by atoms with van der Waals surface area (Å²) in [5, 5.41) is 3.53. The molecule has 0 bridgehead atoms. The molecule has 2 heterocycles. The molecule has 0 aliphatic heterocycles. The number of imidazole rings is 1. The van der Waals surface area contributed by atoms with E-state index in [4.69, 9.17) is 4.98 Å². The minimum Gasteiger partial charge on any atom is -0.310 e. The van der Waals surface area contributed by atoms with E-state index in [1.165, 1.54) is 11.1 Å². The molecule has 0 saturated carbocycles. The molecular weight excluding hydrogens is 318 g/mol. The second-order valence-electron chi connectivity index (χ2n) is 6.10. The van der Waals surface area contributed by atoms with Gasteiger partial charge in [-0.1, -0.05) is 18.2 Å². The summed E-state index contributed by atoms with van der Waals surface area (Å²) in [6.45, 7) is 5.09. The Balaban J connectivity index is 1.58. The Bertz CT molecular complexity index is 855. The Hall–Kier alpha value is -1.98. The molecule has 126 valence electrons. The van der Waals surface area contributed by atoms with Crippen molar-refractivity contribution in [3.8, 4) is 0 Å². The van der Waals surface area contributed by atoms with Crippen LogP contribution in [0.1, 0.15) is 29.8 Å². The van der Waals surface area contributed by atoms with Crippen molar-refractivity contribution in [1.29, 1.82) is 0 Å². The first-order valence-electron chi connectivity index (χ1n) is 8.14. The fourth-order valence-corrected chi connectivity index (χ4v) is 3.33. The lowest BCUT2D eigenvalue weighted by Gasteiger charge is -2.14. The van der Waals surface area contributed by atoms with Gasteiger partial charge in [-0.25, -0.2) is 4.98 Å². The first kappa shape index (κ1) is 16.9. The summed E-state index contributed by atoms with van der Waals surface area (Å²) in [5.41, 5.74) is 4.53. The Kier molecular flexibility index (Phi) is 5.11. The van der Waals surface area contributed by atoms with Gasteiger partial charge in [0.05, 0.1) is 5.69 Å². The standard InChI is InChI=1S/C19H23N3OS/c1-14-5-4-12-22-13-17(21-19(14)22)10-11-20-15(2)16-6-8-18(9-7-16)24(3)23/h4-9,12-13,15,20H,10-11H2,1-3H3/t15-,24+/m1/s1. The first-order valence-corrected chi connectivity index (χ1v) is 9.70. The molecule has 1 N–H and O–H groups in total. The first-order chi connectivity index (χ1) is 11.5. The number of rotatable bonds is 6. The van der Waals surface area contributed by atoms with Crippen LogP contribution in [-0.2, 0) is 17.2 Å². The third kappa shape index (κ3) is 3.74. The van der Waals surface area contributed by atoms with Gasteiger partial charge in [0, 0.05) is 53.4 Å². The lowest BCUT2D eigenvalue weighted by Crippen LogP contribution is -2.21. The molecule has 0 saturated heterocycles. The molecule has 0 aliphatic carbocycles. The zero-order chi connectivity index (χ0) is 17.1. The average Bonchev–Trinajstić information content (AvgIpc) is 2.99. The van der Waals surface area contributed by atoms with E-state index in [0.29, 0.717) is 0 Å². The number of nitrogens with zero attached hydrogens (tertiary/aromatic N) is 2. The summed E-state index contributed by atoms with van der Waals surface area (Å²) in [6, 6.07) is 12.3. The maximum atomic E-state index is 11.4. The highest BCUT2D eigenvalue weighted by molar-refractivity contribution is 7.84. The van der Waals surface area contributed by atoms with Crippen LogP contribution >= 0.6 is 0 Å². The van der Waals surface area contributed by atoms with Crippen molar-refractivity contribution in [1.82, 2.24) is 14.7 Å². The van der Waals surface area contributed by atoms with Crippen LogP contribution in [0.4, 0.5) is 0 Å². The van der Waals surface area contributed by atoms with E-state index in [1.807, 2.05) is 36.5 Å². The number of hydrogen-bond acceptors (Lipinski definition) is 3. The highest BCUT2D eigenvalue weighted by Crippen LogP contribution is 2.15. The number of hydrogen-bond donors (Lipinski definition) is 1. The second kappa shape index (κ2) is 7.28. The quantitative estimate of drug-likeness (QED) is 0.748. The predicted octanol–water partition coefficient (Wildman–Crippen LogP) is 3.27. The molecule has 0 spiro atoms. The third-order valence-electron chi connectivity index (χ3n) is 4.27. The number of aryl methyl sites for hydroxylation is 1. The van der Waals surface area contributed by atoms with Crippen molar-refractivity contribution in [3.63, 3.8) is 0 Å². The molecule has 0 aliphatic rings. The van der Waals surface area contributed by atoms with Gasteiger partial charge in [0.15, 0.2) is 0 Å². The second-order valence-corrected chi connectivity index (χ2v) is 7.48. The maximum absolute atomic E-state index is 11.4. The van der Waals surface area contributed by atoms with E-state index in [2.05, 4.69) is 35.8 Å². The van der Waals surface area contributed by atoms with E-state index in [1.54, 1.807) is 6.26 Å². The van der Waals surface area contributed by atoms with Crippen molar-refractivity contribution in [2.45, 2.75) is 31.2 Å². The molecule has 0 unspecified atom stereocenters. The van der Waals surface area contributed by atoms with Crippen LogP contribution in [0.5, 0.6) is 0 Å². The molecule has 0 radical (unpaired) electrons. The highest BCUT2D eigenvalue weighted by Gasteiger charge is 2.07. The van der Waals surface area contributed by atoms with Gasteiger partial charge in [0.1, 0.15) is 5.65 Å². The van der Waals surface area contributed by atoms with Crippen molar-refractivity contribution >= 4 is 16.4 Å². The Morgan fingerprint density at radius 3 is 2.67 bits per heavy atom. The molecule has 3 rings (SSSR count). The van der Waals surface area contributed by atoms with Gasteiger partial charge >= 0.3 is 0 Å². The van der Waals surface area contributed by atoms with Crippen molar-refractivity contribution in [2.75, 3.05) is 12.8 Å². The van der Waals surface area contributed by atoms with Crippen molar-refractivity contribution in [3.05, 3.63) is 65.6 Å². The summed E-state index contributed by atoms with van der Waals surface area (Å²) in [7, 11) is -0.922. The van der Waals surface area contributed by atoms with Crippen LogP contribution in [-0.4, -0.2) is 26.4 Å². The summed E-state index contributed by atoms with van der Waals surface area (Å²) < 4.78 is 13.5. The Morgan fingerprint density at radius 1 is 1.25 bits per heavy atom. The molecule has 0 fully saturated rings. The summed E-state index contributed by atoms with van der Waals surface area (Å²) >= 11 is 0. The van der Waals surface area contributed by atoms with Crippen molar-refractivity contribution in [2.24, 2.45) is 0 Å². The molecule has 1 aromatic carbocycles. The number of benzene rings is 1. The van der Waals surface area contributed by atoms with Crippen LogP contribution in [0.15, 0.2) is 53.7 Å². The fourth-order valence-electron chi connectivity index (χ4n) is 2.81. The van der Waals surface area contributed by atoms with Gasteiger partial charge in [-0.3, -0.25) is 4.21 Å². The molecule has 2 atom stereocenters. The van der Waals surface area contributed by atoms with Gasteiger partial charge < -0.3 is 9.72 Å². The molecule has 5 heteroatoms. The lowest BCUT2D eigenvalue weighted by molar-refractivity contribution is 0.574. The molecule has 0 amide bonds. The molecule has 3 aromatic rings. The van der Waals surface area contributed by atoms with Crippen LogP contribution in [0.3, 0.4) is 0 Å². The van der Waals surface area contributed by atoms with Crippen LogP contribution in [0, 0.1) is 6.92 Å². The van der Waals surface area contributed by atoms with Crippen LogP contribution in [0.2, 0.25) is 0 Å². The van der Waals surface area contributed by atoms with E-state index >= 15 is 0 Å². The summed E-state index contributed by atoms with van der Waals surface area (Å²) in [5.74, 6) is 0. The fraction of sp³-hybridized carbons (Fsp3) is 0.316. The minimum atomic E-state index is -0.922. The summed E-state index contributed by atoms with van der Waals surface area (Å²) in [6.07, 6.45) is 6.73. The Morgan fingerprint density at radius 2 is 2.00 bits per heavy atom. The van der Waals surface area contributed by atoms with Gasteiger partial charge in [-0.2, -0.15) is 0 Å². The third-order valence-corrected chi connectivity index (χ3v) is 5.21. The lowest BCUT2D eigenvalue weighted by atomic mass is 10.1. The number of nitrogens with one attached hydrogen (secondary N) is 1. The van der Waals surface area contributed by atoms with E-state index in [9.17, 15) is 4.21 Å². The highest BCUT2D eigenvalue weighted by atomic mass is 32.2. The number of aromatic nitrogens is 2. The molecule has 24 heavy (non-hydrogen) atoms. The minimum absolute atomic E-state index is 0.253. The Labute approximate surface area is 145 Å². The topological polar surface area (TPSA) is 46.4 Å². The maximum Gasteiger partial charge on any atom is 0.139 e. The summed E-state index contributed by atoms with van der Waals surface area (Å²) in [4.78, 5) is 5.57. The van der Waals surface area contributed by atoms with Gasteiger partial charge in [-0.05, 0) is 43.2 Å². The predicted molar refractivity (Wildman–Crippen MR) is 98.8 cm³/mol. The van der Waals surface area contributed by atoms with E-state index in [0.717, 1.165) is 29.2 Å². The largest absolute Gasteiger partial charge is 0.310 e. The molecule has 4 nitrogen and oxygen atoms in total. The monoisotopic (exact) mass is 341 g/mol. The normalized spacial score (nSPS) is 14.0. The smallest absolute Gasteiger partial charge is 0.139 e. The van der Waals surface area contributed by atoms with Crippen molar-refractivity contribution < 1.29 is 4.21 Å². The van der Waals surface area contributed by atoms with Gasteiger partial charge in [-0.15, -0.1) is 0 Å². The molecular formula is C19H23N3OS. The van der Waals surface area contributed by atoms with E-state index in [-0.39, 0.29) is 6.04 Å². The SMILES string of the molecule is Cc1cccn2cc(CCN[C@H](C)c3ccc([S@](C)=O)cc3)nc12. The zero-order valence-electron chi connectivity index (χ0n) is 14.3. The van der Waals surface area contributed by atoms with Gasteiger partial charge in [0.2, 0.25) is 0 Å². The number of fused-ring (bicyclic) bond motifs is 1. The average molecular weight is 341 g/mol.